The molecule has 0 radical (unpaired) electrons. The summed E-state index contributed by atoms with van der Waals surface area (Å²) < 4.78 is 3.67. The van der Waals surface area contributed by atoms with Crippen molar-refractivity contribution in [3.63, 3.8) is 0 Å². The molecule has 0 aromatic carbocycles. The molecule has 0 bridgehead atoms. The second-order valence-corrected chi connectivity index (χ2v) is 5.88. The normalized spacial score (nSPS) is 11.2. The quantitative estimate of drug-likeness (QED) is 0.798. The lowest BCUT2D eigenvalue weighted by atomic mass is 10.2. The third kappa shape index (κ3) is 2.56. The number of carbonyl (C=O) groups is 1. The predicted octanol–water partition coefficient (Wildman–Crippen LogP) is 1.72. The first-order chi connectivity index (χ1) is 10.1. The molecule has 0 saturated heterocycles. The van der Waals surface area contributed by atoms with Crippen LogP contribution in [0.3, 0.4) is 0 Å². The average Bonchev–Trinajstić information content (AvgIpc) is 3.05. The number of nitrogens with one attached hydrogen (secondary N) is 1. The van der Waals surface area contributed by atoms with Crippen molar-refractivity contribution in [1.82, 2.24) is 24.5 Å². The number of thiazole rings is 1. The summed E-state index contributed by atoms with van der Waals surface area (Å²) in [4.78, 5) is 17.5. The highest BCUT2D eigenvalue weighted by atomic mass is 32.1. The predicted molar refractivity (Wildman–Crippen MR) is 81.8 cm³/mol. The van der Waals surface area contributed by atoms with Gasteiger partial charge in [-0.25, -0.2) is 4.98 Å². The van der Waals surface area contributed by atoms with Crippen LogP contribution in [0, 0.1) is 13.8 Å². The zero-order valence-electron chi connectivity index (χ0n) is 12.3. The first kappa shape index (κ1) is 13.8. The molecule has 0 saturated carbocycles. The van der Waals surface area contributed by atoms with Gasteiger partial charge in [-0.15, -0.1) is 11.3 Å². The molecule has 3 heterocycles. The second-order valence-electron chi connectivity index (χ2n) is 5.01. The molecule has 0 aliphatic carbocycles. The molecule has 0 spiro atoms. The van der Waals surface area contributed by atoms with Gasteiger partial charge in [-0.3, -0.25) is 13.9 Å². The third-order valence-electron chi connectivity index (χ3n) is 3.48. The molecule has 6 nitrogen and oxygen atoms in total. The number of nitrogens with zero attached hydrogens (tertiary/aromatic N) is 4. The third-order valence-corrected chi connectivity index (χ3v) is 4.24. The van der Waals surface area contributed by atoms with Crippen molar-refractivity contribution in [3.05, 3.63) is 40.4 Å². The molecule has 0 fully saturated rings. The van der Waals surface area contributed by atoms with Crippen molar-refractivity contribution in [3.8, 4) is 0 Å². The molecule has 3 aromatic rings. The lowest BCUT2D eigenvalue weighted by molar-refractivity contribution is 0.0947. The van der Waals surface area contributed by atoms with Gasteiger partial charge in [0.15, 0.2) is 4.96 Å². The van der Waals surface area contributed by atoms with E-state index in [1.54, 1.807) is 0 Å². The van der Waals surface area contributed by atoms with Gasteiger partial charge in [-0.05, 0) is 19.9 Å². The van der Waals surface area contributed by atoms with Crippen molar-refractivity contribution in [1.29, 1.82) is 0 Å². The zero-order valence-corrected chi connectivity index (χ0v) is 13.1. The van der Waals surface area contributed by atoms with E-state index in [1.165, 1.54) is 11.3 Å². The fourth-order valence-corrected chi connectivity index (χ4v) is 3.07. The highest BCUT2D eigenvalue weighted by molar-refractivity contribution is 7.15. The maximum Gasteiger partial charge on any atom is 0.270 e. The summed E-state index contributed by atoms with van der Waals surface area (Å²) in [7, 11) is 1.92. The molecule has 0 aliphatic rings. The van der Waals surface area contributed by atoms with Crippen LogP contribution in [0.5, 0.6) is 0 Å². The van der Waals surface area contributed by atoms with Crippen LogP contribution in [0.1, 0.15) is 27.6 Å². The number of aromatic nitrogens is 4. The van der Waals surface area contributed by atoms with Crippen LogP contribution in [0.2, 0.25) is 0 Å². The number of hydrogen-bond donors (Lipinski definition) is 1. The van der Waals surface area contributed by atoms with Gasteiger partial charge in [-0.2, -0.15) is 5.10 Å². The van der Waals surface area contributed by atoms with Crippen molar-refractivity contribution in [2.24, 2.45) is 7.05 Å². The van der Waals surface area contributed by atoms with E-state index in [4.69, 9.17) is 0 Å². The molecular weight excluding hydrogens is 286 g/mol. The Morgan fingerprint density at radius 2 is 2.24 bits per heavy atom. The van der Waals surface area contributed by atoms with Gasteiger partial charge in [0.2, 0.25) is 0 Å². The highest BCUT2D eigenvalue weighted by Gasteiger charge is 2.16. The van der Waals surface area contributed by atoms with Crippen LogP contribution in [0.25, 0.3) is 4.96 Å². The largest absolute Gasteiger partial charge is 0.350 e. The first-order valence-electron chi connectivity index (χ1n) is 6.76. The standard InChI is InChI=1S/C14H17N5OS/c1-9-8-11(17-18(9)3)4-5-15-13(20)12-10(2)16-14-19(12)6-7-21-14/h6-8H,4-5H2,1-3H3,(H,15,20). The number of aryl methyl sites for hydroxylation is 3. The summed E-state index contributed by atoms with van der Waals surface area (Å²) in [5.74, 6) is -0.0916. The average molecular weight is 303 g/mol. The summed E-state index contributed by atoms with van der Waals surface area (Å²) >= 11 is 1.52. The smallest absolute Gasteiger partial charge is 0.270 e. The molecule has 0 atom stereocenters. The second kappa shape index (κ2) is 5.33. The van der Waals surface area contributed by atoms with Gasteiger partial charge in [0.25, 0.3) is 5.91 Å². The van der Waals surface area contributed by atoms with Crippen LogP contribution < -0.4 is 5.32 Å². The Balaban J connectivity index is 1.66. The highest BCUT2D eigenvalue weighted by Crippen LogP contribution is 2.16. The maximum atomic E-state index is 12.3. The van der Waals surface area contributed by atoms with E-state index in [-0.39, 0.29) is 5.91 Å². The molecule has 0 aliphatic heterocycles. The van der Waals surface area contributed by atoms with Crippen LogP contribution in [0.15, 0.2) is 17.6 Å². The number of hydrogen-bond acceptors (Lipinski definition) is 4. The Bertz CT molecular complexity index is 778. The number of amides is 1. The summed E-state index contributed by atoms with van der Waals surface area (Å²) in [5.41, 5.74) is 3.47. The fraction of sp³-hybridized carbons (Fsp3) is 0.357. The fourth-order valence-electron chi connectivity index (χ4n) is 2.31. The summed E-state index contributed by atoms with van der Waals surface area (Å²) in [5, 5.41) is 9.24. The van der Waals surface area contributed by atoms with E-state index < -0.39 is 0 Å². The summed E-state index contributed by atoms with van der Waals surface area (Å²) in [6.07, 6.45) is 2.59. The van der Waals surface area contributed by atoms with E-state index in [1.807, 2.05) is 47.6 Å². The van der Waals surface area contributed by atoms with E-state index in [0.717, 1.165) is 28.5 Å². The van der Waals surface area contributed by atoms with Crippen molar-refractivity contribution in [2.75, 3.05) is 6.54 Å². The van der Waals surface area contributed by atoms with Gasteiger partial charge >= 0.3 is 0 Å². The van der Waals surface area contributed by atoms with E-state index in [2.05, 4.69) is 15.4 Å². The Morgan fingerprint density at radius 3 is 2.95 bits per heavy atom. The summed E-state index contributed by atoms with van der Waals surface area (Å²) in [6, 6.07) is 2.04. The monoisotopic (exact) mass is 303 g/mol. The van der Waals surface area contributed by atoms with Crippen molar-refractivity contribution >= 4 is 22.2 Å². The van der Waals surface area contributed by atoms with Gasteiger partial charge in [-0.1, -0.05) is 0 Å². The Kier molecular flexibility index (Phi) is 3.50. The van der Waals surface area contributed by atoms with E-state index in [9.17, 15) is 4.79 Å². The molecule has 3 aromatic heterocycles. The Morgan fingerprint density at radius 1 is 1.43 bits per heavy atom. The Hall–Kier alpha value is -2.15. The Labute approximate surface area is 126 Å². The van der Waals surface area contributed by atoms with Gasteiger partial charge in [0, 0.05) is 37.3 Å². The topological polar surface area (TPSA) is 64.2 Å². The molecule has 1 N–H and O–H groups in total. The van der Waals surface area contributed by atoms with Crippen molar-refractivity contribution < 1.29 is 4.79 Å². The lowest BCUT2D eigenvalue weighted by Crippen LogP contribution is -2.27. The molecular formula is C14H17N5OS. The number of imidazole rings is 1. The van der Waals surface area contributed by atoms with E-state index >= 15 is 0 Å². The molecule has 3 rings (SSSR count). The van der Waals surface area contributed by atoms with E-state index in [0.29, 0.717) is 12.2 Å². The van der Waals surface area contributed by atoms with Crippen LogP contribution in [-0.4, -0.2) is 31.6 Å². The summed E-state index contributed by atoms with van der Waals surface area (Å²) in [6.45, 7) is 4.43. The first-order valence-corrected chi connectivity index (χ1v) is 7.64. The van der Waals surface area contributed by atoms with Gasteiger partial charge in [0.05, 0.1) is 11.4 Å². The number of carbonyl (C=O) groups excluding carboxylic acids is 1. The van der Waals surface area contributed by atoms with Crippen LogP contribution in [-0.2, 0) is 13.5 Å². The van der Waals surface area contributed by atoms with Gasteiger partial charge in [0.1, 0.15) is 5.69 Å². The molecule has 0 unspecified atom stereocenters. The minimum Gasteiger partial charge on any atom is -0.350 e. The number of fused-ring (bicyclic) bond motifs is 1. The lowest BCUT2D eigenvalue weighted by Gasteiger charge is -2.04. The molecule has 21 heavy (non-hydrogen) atoms. The maximum absolute atomic E-state index is 12.3. The van der Waals surface area contributed by atoms with Crippen molar-refractivity contribution in [2.45, 2.75) is 20.3 Å². The SMILES string of the molecule is Cc1nc2sccn2c1C(=O)NCCc1cc(C)n(C)n1. The minimum atomic E-state index is -0.0916. The number of rotatable bonds is 4. The molecule has 1 amide bonds. The van der Waals surface area contributed by atoms with Crippen LogP contribution >= 0.6 is 11.3 Å². The zero-order chi connectivity index (χ0) is 15.0. The molecule has 7 heteroatoms. The minimum absolute atomic E-state index is 0.0916. The van der Waals surface area contributed by atoms with Crippen LogP contribution in [0.4, 0.5) is 0 Å². The van der Waals surface area contributed by atoms with Gasteiger partial charge < -0.3 is 5.32 Å². The molecule has 110 valence electrons.